The molecule has 5 heteroatoms. The van der Waals surface area contributed by atoms with Crippen molar-refractivity contribution in [1.82, 2.24) is 0 Å². The van der Waals surface area contributed by atoms with Crippen molar-refractivity contribution in [3.05, 3.63) is 0 Å². The van der Waals surface area contributed by atoms with Gasteiger partial charge in [0, 0.05) is 12.8 Å². The normalized spacial score (nSPS) is 34.3. The zero-order valence-electron chi connectivity index (χ0n) is 10.4. The van der Waals surface area contributed by atoms with E-state index >= 15 is 0 Å². The summed E-state index contributed by atoms with van der Waals surface area (Å²) < 4.78 is 23.2. The van der Waals surface area contributed by atoms with Crippen LogP contribution in [0.5, 0.6) is 0 Å². The lowest BCUT2D eigenvalue weighted by atomic mass is 9.74. The fourth-order valence-corrected chi connectivity index (χ4v) is 4.41. The van der Waals surface area contributed by atoms with Gasteiger partial charge in [0.2, 0.25) is 0 Å². The first-order valence-electron chi connectivity index (χ1n) is 6.49. The molecule has 2 aliphatic carbocycles. The van der Waals surface area contributed by atoms with Crippen molar-refractivity contribution in [3.63, 3.8) is 0 Å². The highest BCUT2D eigenvalue weighted by molar-refractivity contribution is 7.91. The van der Waals surface area contributed by atoms with Crippen molar-refractivity contribution in [1.29, 1.82) is 0 Å². The van der Waals surface area contributed by atoms with Crippen LogP contribution in [0.3, 0.4) is 0 Å². The molecule has 3 unspecified atom stereocenters. The first-order chi connectivity index (χ1) is 7.88. The van der Waals surface area contributed by atoms with Gasteiger partial charge in [-0.2, -0.15) is 0 Å². The third kappa shape index (κ3) is 2.66. The van der Waals surface area contributed by atoms with Gasteiger partial charge in [-0.3, -0.25) is 0 Å². The Balaban J connectivity index is 2.11. The van der Waals surface area contributed by atoms with Crippen molar-refractivity contribution >= 4 is 9.84 Å². The van der Waals surface area contributed by atoms with Crippen molar-refractivity contribution in [3.8, 4) is 0 Å². The Bertz CT molecular complexity index is 377. The maximum absolute atomic E-state index is 11.6. The molecule has 3 N–H and O–H groups in total. The van der Waals surface area contributed by atoms with Crippen LogP contribution >= 0.6 is 0 Å². The highest BCUT2D eigenvalue weighted by Crippen LogP contribution is 2.47. The summed E-state index contributed by atoms with van der Waals surface area (Å²) in [5.41, 5.74) is 4.92. The Morgan fingerprint density at radius 3 is 2.35 bits per heavy atom. The van der Waals surface area contributed by atoms with Crippen molar-refractivity contribution in [2.24, 2.45) is 17.6 Å². The van der Waals surface area contributed by atoms with E-state index in [1.54, 1.807) is 0 Å². The average molecular weight is 261 g/mol. The van der Waals surface area contributed by atoms with Crippen molar-refractivity contribution < 1.29 is 13.5 Å². The third-order valence-corrected chi connectivity index (χ3v) is 6.19. The summed E-state index contributed by atoms with van der Waals surface area (Å²) in [6, 6.07) is 0. The van der Waals surface area contributed by atoms with Gasteiger partial charge in [0.1, 0.15) is 9.84 Å². The molecule has 4 nitrogen and oxygen atoms in total. The smallest absolute Gasteiger partial charge is 0.150 e. The molecule has 0 aliphatic heterocycles. The second kappa shape index (κ2) is 4.52. The van der Waals surface area contributed by atoms with Crippen LogP contribution in [0.1, 0.15) is 38.5 Å². The predicted molar refractivity (Wildman–Crippen MR) is 67.3 cm³/mol. The molecule has 3 atom stereocenters. The maximum Gasteiger partial charge on any atom is 0.150 e. The van der Waals surface area contributed by atoms with Crippen LogP contribution < -0.4 is 5.73 Å². The quantitative estimate of drug-likeness (QED) is 0.780. The van der Waals surface area contributed by atoms with Gasteiger partial charge in [0.15, 0.2) is 0 Å². The largest absolute Gasteiger partial charge is 0.388 e. The molecule has 0 bridgehead atoms. The molecular formula is C12H23NO3S. The molecule has 2 aliphatic rings. The van der Waals surface area contributed by atoms with Gasteiger partial charge >= 0.3 is 0 Å². The summed E-state index contributed by atoms with van der Waals surface area (Å²) in [5, 5.41) is 10.4. The molecule has 0 aromatic carbocycles. The zero-order valence-corrected chi connectivity index (χ0v) is 11.2. The molecule has 100 valence electrons. The van der Waals surface area contributed by atoms with E-state index in [1.165, 1.54) is 6.26 Å². The monoisotopic (exact) mass is 261 g/mol. The van der Waals surface area contributed by atoms with E-state index in [-0.39, 0.29) is 17.7 Å². The molecule has 0 spiro atoms. The highest BCUT2D eigenvalue weighted by Gasteiger charge is 2.49. The van der Waals surface area contributed by atoms with E-state index in [2.05, 4.69) is 0 Å². The molecular weight excluding hydrogens is 238 g/mol. The van der Waals surface area contributed by atoms with Crippen molar-refractivity contribution in [2.75, 3.05) is 12.8 Å². The lowest BCUT2D eigenvalue weighted by Gasteiger charge is -2.40. The molecule has 0 radical (unpaired) electrons. The van der Waals surface area contributed by atoms with Crippen LogP contribution in [0.4, 0.5) is 0 Å². The maximum atomic E-state index is 11.6. The molecule has 17 heavy (non-hydrogen) atoms. The standard InChI is InChI=1S/C12H23NO3S/c1-17(15,16)11-4-2-3-10(7-11)12(14,8-13)9-5-6-9/h9-11,14H,2-8,13H2,1H3. The number of rotatable bonds is 4. The topological polar surface area (TPSA) is 80.4 Å². The summed E-state index contributed by atoms with van der Waals surface area (Å²) in [7, 11) is -2.98. The van der Waals surface area contributed by atoms with E-state index < -0.39 is 15.4 Å². The molecule has 0 aromatic heterocycles. The lowest BCUT2D eigenvalue weighted by molar-refractivity contribution is -0.0436. The van der Waals surface area contributed by atoms with Gasteiger partial charge in [-0.05, 0) is 43.9 Å². The number of hydrogen-bond donors (Lipinski definition) is 2. The minimum atomic E-state index is -2.98. The Hall–Kier alpha value is -0.130. The molecule has 0 heterocycles. The van der Waals surface area contributed by atoms with E-state index in [0.29, 0.717) is 12.3 Å². The van der Waals surface area contributed by atoms with E-state index in [4.69, 9.17) is 5.73 Å². The molecule has 2 saturated carbocycles. The van der Waals surface area contributed by atoms with Crippen LogP contribution in [0.25, 0.3) is 0 Å². The van der Waals surface area contributed by atoms with E-state index in [1.807, 2.05) is 0 Å². The molecule has 0 amide bonds. The van der Waals surface area contributed by atoms with Crippen LogP contribution in [0.2, 0.25) is 0 Å². The zero-order chi connectivity index (χ0) is 12.7. The number of nitrogens with two attached hydrogens (primary N) is 1. The Morgan fingerprint density at radius 2 is 1.88 bits per heavy atom. The molecule has 2 fully saturated rings. The second-order valence-corrected chi connectivity index (χ2v) is 8.11. The number of hydrogen-bond acceptors (Lipinski definition) is 4. The van der Waals surface area contributed by atoms with Crippen LogP contribution in [0.15, 0.2) is 0 Å². The van der Waals surface area contributed by atoms with Crippen LogP contribution in [-0.4, -0.2) is 37.2 Å². The Labute approximate surface area is 104 Å². The van der Waals surface area contributed by atoms with Gasteiger partial charge in [-0.1, -0.05) is 6.42 Å². The van der Waals surface area contributed by atoms with Crippen LogP contribution in [-0.2, 0) is 9.84 Å². The summed E-state index contributed by atoms with van der Waals surface area (Å²) in [6.45, 7) is 0.263. The van der Waals surface area contributed by atoms with Gasteiger partial charge in [0.05, 0.1) is 10.9 Å². The van der Waals surface area contributed by atoms with E-state index in [0.717, 1.165) is 32.1 Å². The van der Waals surface area contributed by atoms with Crippen molar-refractivity contribution in [2.45, 2.75) is 49.4 Å². The van der Waals surface area contributed by atoms with Gasteiger partial charge in [0.25, 0.3) is 0 Å². The second-order valence-electron chi connectivity index (χ2n) is 5.78. The average Bonchev–Trinajstić information content (AvgIpc) is 3.11. The minimum Gasteiger partial charge on any atom is -0.388 e. The van der Waals surface area contributed by atoms with Gasteiger partial charge in [-0.25, -0.2) is 8.42 Å². The SMILES string of the molecule is CS(=O)(=O)C1CCCC(C(O)(CN)C2CC2)C1. The Kier molecular flexibility index (Phi) is 3.54. The highest BCUT2D eigenvalue weighted by atomic mass is 32.2. The first kappa shape index (κ1) is 13.3. The van der Waals surface area contributed by atoms with Gasteiger partial charge in [-0.15, -0.1) is 0 Å². The Morgan fingerprint density at radius 1 is 1.24 bits per heavy atom. The molecule has 2 rings (SSSR count). The summed E-state index contributed by atoms with van der Waals surface area (Å²) in [5.74, 6) is 0.365. The minimum absolute atomic E-state index is 0.0634. The number of aliphatic hydroxyl groups is 1. The predicted octanol–water partition coefficient (Wildman–Crippen LogP) is 0.690. The van der Waals surface area contributed by atoms with E-state index in [9.17, 15) is 13.5 Å². The first-order valence-corrected chi connectivity index (χ1v) is 8.44. The fraction of sp³-hybridized carbons (Fsp3) is 1.00. The summed E-state index contributed by atoms with van der Waals surface area (Å²) in [6.07, 6.45) is 6.50. The summed E-state index contributed by atoms with van der Waals surface area (Å²) >= 11 is 0. The molecule has 0 saturated heterocycles. The third-order valence-electron chi connectivity index (χ3n) is 4.55. The number of sulfone groups is 1. The lowest BCUT2D eigenvalue weighted by Crippen LogP contribution is -2.50. The fourth-order valence-electron chi connectivity index (χ4n) is 3.24. The van der Waals surface area contributed by atoms with Gasteiger partial charge < -0.3 is 10.8 Å². The van der Waals surface area contributed by atoms with Crippen LogP contribution in [0, 0.1) is 11.8 Å². The summed E-state index contributed by atoms with van der Waals surface area (Å²) in [4.78, 5) is 0. The molecule has 0 aromatic rings.